The Hall–Kier alpha value is -2.06. The van der Waals surface area contributed by atoms with Crippen molar-refractivity contribution in [1.82, 2.24) is 0 Å². The first-order valence-electron chi connectivity index (χ1n) is 8.46. The van der Waals surface area contributed by atoms with Crippen LogP contribution >= 0.6 is 15.9 Å². The molecule has 0 aliphatic heterocycles. The SMILES string of the molecule is CCCCc1ccc(Nc2ccc(-c3ccc(Br)cc3)cc2)cc1. The van der Waals surface area contributed by atoms with Gasteiger partial charge in [-0.1, -0.05) is 65.7 Å². The molecular weight excluding hydrogens is 358 g/mol. The summed E-state index contributed by atoms with van der Waals surface area (Å²) in [6.45, 7) is 2.23. The second-order valence-electron chi connectivity index (χ2n) is 6.01. The molecule has 0 radical (unpaired) electrons. The molecule has 1 nitrogen and oxygen atoms in total. The van der Waals surface area contributed by atoms with E-state index in [1.165, 1.54) is 36.0 Å². The van der Waals surface area contributed by atoms with Gasteiger partial charge in [0.15, 0.2) is 0 Å². The number of rotatable bonds is 6. The van der Waals surface area contributed by atoms with Gasteiger partial charge >= 0.3 is 0 Å². The van der Waals surface area contributed by atoms with Crippen LogP contribution in [0.1, 0.15) is 25.3 Å². The van der Waals surface area contributed by atoms with Crippen LogP contribution in [-0.4, -0.2) is 0 Å². The molecule has 3 aromatic carbocycles. The molecule has 24 heavy (non-hydrogen) atoms. The molecule has 0 heterocycles. The zero-order valence-corrected chi connectivity index (χ0v) is 15.5. The van der Waals surface area contributed by atoms with Crippen molar-refractivity contribution in [2.24, 2.45) is 0 Å². The quantitative estimate of drug-likeness (QED) is 0.477. The van der Waals surface area contributed by atoms with E-state index in [4.69, 9.17) is 0 Å². The molecule has 0 atom stereocenters. The summed E-state index contributed by atoms with van der Waals surface area (Å²) in [7, 11) is 0. The molecule has 2 heteroatoms. The fourth-order valence-corrected chi connectivity index (χ4v) is 2.95. The van der Waals surface area contributed by atoms with Gasteiger partial charge in [-0.2, -0.15) is 0 Å². The lowest BCUT2D eigenvalue weighted by Gasteiger charge is -2.09. The molecule has 0 fully saturated rings. The predicted molar refractivity (Wildman–Crippen MR) is 108 cm³/mol. The first kappa shape index (κ1) is 16.8. The van der Waals surface area contributed by atoms with Gasteiger partial charge in [-0.3, -0.25) is 0 Å². The highest BCUT2D eigenvalue weighted by molar-refractivity contribution is 9.10. The van der Waals surface area contributed by atoms with E-state index in [9.17, 15) is 0 Å². The first-order valence-corrected chi connectivity index (χ1v) is 9.26. The topological polar surface area (TPSA) is 12.0 Å². The zero-order chi connectivity index (χ0) is 16.8. The van der Waals surface area contributed by atoms with Crippen LogP contribution in [0.25, 0.3) is 11.1 Å². The van der Waals surface area contributed by atoms with E-state index in [0.29, 0.717) is 0 Å². The number of nitrogens with one attached hydrogen (secondary N) is 1. The van der Waals surface area contributed by atoms with Gasteiger partial charge in [-0.05, 0) is 65.9 Å². The Labute approximate surface area is 152 Å². The Morgan fingerprint density at radius 3 is 1.75 bits per heavy atom. The van der Waals surface area contributed by atoms with Gasteiger partial charge in [0.25, 0.3) is 0 Å². The smallest absolute Gasteiger partial charge is 0.0384 e. The van der Waals surface area contributed by atoms with Crippen molar-refractivity contribution in [2.75, 3.05) is 5.32 Å². The Kier molecular flexibility index (Phi) is 5.71. The number of unbranched alkanes of at least 4 members (excludes halogenated alkanes) is 1. The second kappa shape index (κ2) is 8.16. The van der Waals surface area contributed by atoms with Crippen LogP contribution in [-0.2, 0) is 6.42 Å². The van der Waals surface area contributed by atoms with Crippen molar-refractivity contribution in [3.63, 3.8) is 0 Å². The summed E-state index contributed by atoms with van der Waals surface area (Å²) in [5.41, 5.74) is 6.10. The molecule has 3 aromatic rings. The van der Waals surface area contributed by atoms with Crippen molar-refractivity contribution in [3.8, 4) is 11.1 Å². The predicted octanol–water partition coefficient (Wildman–Crippen LogP) is 7.20. The molecule has 0 bridgehead atoms. The molecule has 122 valence electrons. The van der Waals surface area contributed by atoms with Gasteiger partial charge in [0.05, 0.1) is 0 Å². The zero-order valence-electron chi connectivity index (χ0n) is 13.9. The molecule has 0 spiro atoms. The van der Waals surface area contributed by atoms with Crippen molar-refractivity contribution >= 4 is 27.3 Å². The minimum atomic E-state index is 1.10. The molecule has 3 rings (SSSR count). The fraction of sp³-hybridized carbons (Fsp3) is 0.182. The summed E-state index contributed by atoms with van der Waals surface area (Å²) in [5, 5.41) is 3.47. The van der Waals surface area contributed by atoms with Crippen LogP contribution in [0.2, 0.25) is 0 Å². The molecule has 1 N–H and O–H groups in total. The van der Waals surface area contributed by atoms with E-state index >= 15 is 0 Å². The van der Waals surface area contributed by atoms with E-state index in [0.717, 1.165) is 15.8 Å². The van der Waals surface area contributed by atoms with Crippen molar-refractivity contribution in [1.29, 1.82) is 0 Å². The fourth-order valence-electron chi connectivity index (χ4n) is 2.69. The minimum Gasteiger partial charge on any atom is -0.356 e. The van der Waals surface area contributed by atoms with Gasteiger partial charge in [0.1, 0.15) is 0 Å². The number of aryl methyl sites for hydroxylation is 1. The molecule has 0 aliphatic rings. The highest BCUT2D eigenvalue weighted by Crippen LogP contribution is 2.25. The monoisotopic (exact) mass is 379 g/mol. The van der Waals surface area contributed by atoms with E-state index in [1.807, 2.05) is 0 Å². The molecule has 0 saturated heterocycles. The van der Waals surface area contributed by atoms with Crippen LogP contribution in [0.15, 0.2) is 77.3 Å². The summed E-state index contributed by atoms with van der Waals surface area (Å²) in [4.78, 5) is 0. The highest BCUT2D eigenvalue weighted by Gasteiger charge is 2.00. The van der Waals surface area contributed by atoms with E-state index in [2.05, 4.69) is 101 Å². The van der Waals surface area contributed by atoms with Crippen molar-refractivity contribution in [3.05, 3.63) is 82.8 Å². The maximum Gasteiger partial charge on any atom is 0.0384 e. The number of anilines is 2. The molecular formula is C22H22BrN. The maximum absolute atomic E-state index is 3.48. The maximum atomic E-state index is 3.48. The lowest BCUT2D eigenvalue weighted by molar-refractivity contribution is 0.795. The Bertz CT molecular complexity index is 759. The lowest BCUT2D eigenvalue weighted by atomic mass is 10.1. The lowest BCUT2D eigenvalue weighted by Crippen LogP contribution is -1.91. The third-order valence-electron chi connectivity index (χ3n) is 4.12. The standard InChI is InChI=1S/C22H22BrN/c1-2-3-4-17-5-13-21(14-6-17)24-22-15-9-19(10-16-22)18-7-11-20(23)12-8-18/h5-16,24H,2-4H2,1H3. The number of hydrogen-bond acceptors (Lipinski definition) is 1. The summed E-state index contributed by atoms with van der Waals surface area (Å²) < 4.78 is 1.10. The van der Waals surface area contributed by atoms with Crippen LogP contribution in [0, 0.1) is 0 Å². The van der Waals surface area contributed by atoms with Crippen LogP contribution in [0.3, 0.4) is 0 Å². The molecule has 0 amide bonds. The average molecular weight is 380 g/mol. The molecule has 0 aromatic heterocycles. The van der Waals surface area contributed by atoms with Crippen molar-refractivity contribution < 1.29 is 0 Å². The molecule has 0 unspecified atom stereocenters. The number of benzene rings is 3. The van der Waals surface area contributed by atoms with Crippen LogP contribution in [0.5, 0.6) is 0 Å². The number of hydrogen-bond donors (Lipinski definition) is 1. The van der Waals surface area contributed by atoms with Crippen LogP contribution in [0.4, 0.5) is 11.4 Å². The van der Waals surface area contributed by atoms with Gasteiger partial charge in [0.2, 0.25) is 0 Å². The summed E-state index contributed by atoms with van der Waals surface area (Å²) >= 11 is 3.48. The normalized spacial score (nSPS) is 10.6. The molecule has 0 saturated carbocycles. The Morgan fingerprint density at radius 2 is 1.21 bits per heavy atom. The highest BCUT2D eigenvalue weighted by atomic mass is 79.9. The summed E-state index contributed by atoms with van der Waals surface area (Å²) in [6, 6.07) is 25.7. The summed E-state index contributed by atoms with van der Waals surface area (Å²) in [6.07, 6.45) is 3.66. The van der Waals surface area contributed by atoms with Gasteiger partial charge in [-0.15, -0.1) is 0 Å². The van der Waals surface area contributed by atoms with E-state index in [-0.39, 0.29) is 0 Å². The van der Waals surface area contributed by atoms with Gasteiger partial charge in [0, 0.05) is 15.8 Å². The number of halogens is 1. The average Bonchev–Trinajstić information content (AvgIpc) is 2.63. The van der Waals surface area contributed by atoms with Gasteiger partial charge < -0.3 is 5.32 Å². The second-order valence-corrected chi connectivity index (χ2v) is 6.93. The Morgan fingerprint density at radius 1 is 0.708 bits per heavy atom. The van der Waals surface area contributed by atoms with Crippen molar-refractivity contribution in [2.45, 2.75) is 26.2 Å². The first-order chi connectivity index (χ1) is 11.7. The summed E-state index contributed by atoms with van der Waals surface area (Å²) in [5.74, 6) is 0. The minimum absolute atomic E-state index is 1.10. The van der Waals surface area contributed by atoms with Gasteiger partial charge in [-0.25, -0.2) is 0 Å². The van der Waals surface area contributed by atoms with E-state index in [1.54, 1.807) is 0 Å². The third-order valence-corrected chi connectivity index (χ3v) is 4.65. The van der Waals surface area contributed by atoms with Crippen LogP contribution < -0.4 is 5.32 Å². The third kappa shape index (κ3) is 4.48. The largest absolute Gasteiger partial charge is 0.356 e. The Balaban J connectivity index is 1.66. The molecule has 0 aliphatic carbocycles. The van der Waals surface area contributed by atoms with E-state index < -0.39 is 0 Å².